The largest absolute Gasteiger partial charge is 0.480 e. The first-order valence-corrected chi connectivity index (χ1v) is 11.4. The number of hydrogen-bond acceptors (Lipinski definition) is 4. The minimum Gasteiger partial charge on any atom is -0.480 e. The van der Waals surface area contributed by atoms with Crippen molar-refractivity contribution in [1.82, 2.24) is 4.90 Å². The lowest BCUT2D eigenvalue weighted by Crippen LogP contribution is -2.50. The number of carboxylic acids is 1. The van der Waals surface area contributed by atoms with E-state index in [-0.39, 0.29) is 28.8 Å². The molecule has 0 spiro atoms. The Hall–Kier alpha value is -3.84. The SMILES string of the molecule is CN(C(=O)c1cc(Cl)cc(NC(=O)OCC2c3ccccc3-c3ccccc32)c1)C(C)(C)C(=O)O. The van der Waals surface area contributed by atoms with E-state index in [2.05, 4.69) is 17.4 Å². The van der Waals surface area contributed by atoms with Gasteiger partial charge in [0.15, 0.2) is 0 Å². The summed E-state index contributed by atoms with van der Waals surface area (Å²) in [6.45, 7) is 2.99. The maximum absolute atomic E-state index is 12.9. The average molecular weight is 493 g/mol. The van der Waals surface area contributed by atoms with Gasteiger partial charge >= 0.3 is 12.1 Å². The van der Waals surface area contributed by atoms with E-state index in [0.29, 0.717) is 0 Å². The average Bonchev–Trinajstić information content (AvgIpc) is 3.15. The van der Waals surface area contributed by atoms with E-state index in [1.54, 1.807) is 0 Å². The number of rotatable bonds is 6. The molecule has 1 aliphatic rings. The number of nitrogens with zero attached hydrogens (tertiary/aromatic N) is 1. The Balaban J connectivity index is 1.47. The summed E-state index contributed by atoms with van der Waals surface area (Å²) in [5.74, 6) is -1.78. The number of halogens is 1. The molecule has 0 aromatic heterocycles. The molecule has 0 atom stereocenters. The fraction of sp³-hybridized carbons (Fsp3) is 0.222. The predicted octanol–water partition coefficient (Wildman–Crippen LogP) is 5.64. The topological polar surface area (TPSA) is 95.9 Å². The second kappa shape index (κ2) is 9.43. The van der Waals surface area contributed by atoms with Crippen LogP contribution < -0.4 is 5.32 Å². The maximum Gasteiger partial charge on any atom is 0.411 e. The Morgan fingerprint density at radius 2 is 1.57 bits per heavy atom. The van der Waals surface area contributed by atoms with Crippen LogP contribution in [0.5, 0.6) is 0 Å². The minimum absolute atomic E-state index is 0.0865. The van der Waals surface area contributed by atoms with E-state index in [1.165, 1.54) is 39.1 Å². The van der Waals surface area contributed by atoms with Crippen LogP contribution in [-0.2, 0) is 9.53 Å². The summed E-state index contributed by atoms with van der Waals surface area (Å²) in [5.41, 5.74) is 3.43. The third kappa shape index (κ3) is 4.72. The number of ether oxygens (including phenoxy) is 1. The molecule has 4 rings (SSSR count). The molecule has 3 aromatic carbocycles. The lowest BCUT2D eigenvalue weighted by molar-refractivity contribution is -0.147. The maximum atomic E-state index is 12.9. The van der Waals surface area contributed by atoms with Gasteiger partial charge in [0.05, 0.1) is 0 Å². The third-order valence-electron chi connectivity index (χ3n) is 6.40. The Morgan fingerprint density at radius 1 is 1.00 bits per heavy atom. The summed E-state index contributed by atoms with van der Waals surface area (Å²) in [7, 11) is 1.40. The molecule has 1 aliphatic carbocycles. The number of fused-ring (bicyclic) bond motifs is 3. The van der Waals surface area contributed by atoms with Crippen LogP contribution in [0.2, 0.25) is 5.02 Å². The lowest BCUT2D eigenvalue weighted by Gasteiger charge is -2.31. The Kier molecular flexibility index (Phi) is 6.54. The summed E-state index contributed by atoms with van der Waals surface area (Å²) in [5, 5.41) is 12.2. The summed E-state index contributed by atoms with van der Waals surface area (Å²) < 4.78 is 5.55. The third-order valence-corrected chi connectivity index (χ3v) is 6.62. The van der Waals surface area contributed by atoms with E-state index < -0.39 is 23.5 Å². The van der Waals surface area contributed by atoms with Crippen molar-refractivity contribution < 1.29 is 24.2 Å². The fourth-order valence-electron chi connectivity index (χ4n) is 4.13. The molecule has 2 amide bonds. The molecule has 3 aromatic rings. The highest BCUT2D eigenvalue weighted by Crippen LogP contribution is 2.44. The van der Waals surface area contributed by atoms with Crippen molar-refractivity contribution >= 4 is 35.3 Å². The van der Waals surface area contributed by atoms with Gasteiger partial charge in [-0.2, -0.15) is 0 Å². The second-order valence-electron chi connectivity index (χ2n) is 8.91. The fourth-order valence-corrected chi connectivity index (χ4v) is 4.36. The molecule has 0 heterocycles. The zero-order chi connectivity index (χ0) is 25.3. The molecule has 0 bridgehead atoms. The van der Waals surface area contributed by atoms with Crippen LogP contribution in [0, 0.1) is 0 Å². The number of anilines is 1. The van der Waals surface area contributed by atoms with E-state index in [0.717, 1.165) is 27.2 Å². The zero-order valence-corrected chi connectivity index (χ0v) is 20.3. The summed E-state index contributed by atoms with van der Waals surface area (Å²) in [4.78, 5) is 38.1. The monoisotopic (exact) mass is 492 g/mol. The Morgan fingerprint density at radius 3 is 2.14 bits per heavy atom. The number of benzene rings is 3. The van der Waals surface area contributed by atoms with Gasteiger partial charge in [0.25, 0.3) is 5.91 Å². The van der Waals surface area contributed by atoms with Gasteiger partial charge in [0.2, 0.25) is 0 Å². The van der Waals surface area contributed by atoms with Crippen LogP contribution in [0.15, 0.2) is 66.7 Å². The number of carboxylic acid groups (broad SMARTS) is 1. The number of amides is 2. The van der Waals surface area contributed by atoms with Gasteiger partial charge in [0.1, 0.15) is 12.1 Å². The van der Waals surface area contributed by atoms with Crippen LogP contribution in [0.1, 0.15) is 41.3 Å². The van der Waals surface area contributed by atoms with Crippen molar-refractivity contribution in [2.75, 3.05) is 19.0 Å². The first-order valence-electron chi connectivity index (χ1n) is 11.0. The highest BCUT2D eigenvalue weighted by molar-refractivity contribution is 6.31. The van der Waals surface area contributed by atoms with E-state index >= 15 is 0 Å². The summed E-state index contributed by atoms with van der Waals surface area (Å²) >= 11 is 6.17. The molecule has 0 radical (unpaired) electrons. The van der Waals surface area contributed by atoms with Crippen LogP contribution in [-0.4, -0.2) is 47.2 Å². The van der Waals surface area contributed by atoms with Gasteiger partial charge < -0.3 is 14.7 Å². The van der Waals surface area contributed by atoms with Gasteiger partial charge in [-0.3, -0.25) is 10.1 Å². The van der Waals surface area contributed by atoms with Crippen LogP contribution in [0.3, 0.4) is 0 Å². The zero-order valence-electron chi connectivity index (χ0n) is 19.5. The van der Waals surface area contributed by atoms with Gasteiger partial charge in [0, 0.05) is 29.2 Å². The minimum atomic E-state index is -1.43. The molecule has 35 heavy (non-hydrogen) atoms. The van der Waals surface area contributed by atoms with Crippen LogP contribution in [0.25, 0.3) is 11.1 Å². The molecule has 0 fully saturated rings. The number of hydrogen-bond donors (Lipinski definition) is 2. The molecule has 8 heteroatoms. The molecule has 0 aliphatic heterocycles. The number of likely N-dealkylation sites (N-methyl/N-ethyl adjacent to an activating group) is 1. The van der Waals surface area contributed by atoms with Crippen molar-refractivity contribution in [2.24, 2.45) is 0 Å². The Labute approximate surface area is 208 Å². The first-order chi connectivity index (χ1) is 16.6. The van der Waals surface area contributed by atoms with Crippen molar-refractivity contribution in [3.05, 3.63) is 88.4 Å². The number of carbonyl (C=O) groups is 3. The van der Waals surface area contributed by atoms with E-state index in [1.807, 2.05) is 36.4 Å². The summed E-state index contributed by atoms with van der Waals surface area (Å²) in [6, 6.07) is 20.4. The normalized spacial score (nSPS) is 12.5. The van der Waals surface area contributed by atoms with Crippen LogP contribution in [0.4, 0.5) is 10.5 Å². The first kappa shape index (κ1) is 24.3. The quantitative estimate of drug-likeness (QED) is 0.464. The van der Waals surface area contributed by atoms with E-state index in [9.17, 15) is 19.5 Å². The molecule has 180 valence electrons. The number of aliphatic carboxylic acids is 1. The predicted molar refractivity (Wildman–Crippen MR) is 134 cm³/mol. The molecule has 0 saturated carbocycles. The highest BCUT2D eigenvalue weighted by atomic mass is 35.5. The second-order valence-corrected chi connectivity index (χ2v) is 9.34. The smallest absolute Gasteiger partial charge is 0.411 e. The molecular weight excluding hydrogens is 468 g/mol. The number of carbonyl (C=O) groups excluding carboxylic acids is 2. The van der Waals surface area contributed by atoms with Crippen molar-refractivity contribution in [1.29, 1.82) is 0 Å². The molecule has 0 unspecified atom stereocenters. The standard InChI is InChI=1S/C27H25ClN2O5/c1-27(2,25(32)33)30(3)24(31)16-12-17(28)14-18(13-16)29-26(34)35-15-23-21-10-6-4-8-19(21)20-9-5-7-11-22(20)23/h4-14,23H,15H2,1-3H3,(H,29,34)(H,32,33). The lowest BCUT2D eigenvalue weighted by atomic mass is 9.98. The van der Waals surface area contributed by atoms with Gasteiger partial charge in [-0.15, -0.1) is 0 Å². The highest BCUT2D eigenvalue weighted by Gasteiger charge is 2.36. The molecule has 2 N–H and O–H groups in total. The van der Waals surface area contributed by atoms with Crippen molar-refractivity contribution in [3.8, 4) is 11.1 Å². The molecule has 0 saturated heterocycles. The van der Waals surface area contributed by atoms with Crippen molar-refractivity contribution in [3.63, 3.8) is 0 Å². The summed E-state index contributed by atoms with van der Waals surface area (Å²) in [6.07, 6.45) is -0.688. The van der Waals surface area contributed by atoms with E-state index in [4.69, 9.17) is 16.3 Å². The van der Waals surface area contributed by atoms with Gasteiger partial charge in [-0.1, -0.05) is 60.1 Å². The van der Waals surface area contributed by atoms with Crippen LogP contribution >= 0.6 is 11.6 Å². The Bertz CT molecular complexity index is 1270. The van der Waals surface area contributed by atoms with Gasteiger partial charge in [-0.25, -0.2) is 9.59 Å². The molecule has 7 nitrogen and oxygen atoms in total. The molecular formula is C27H25ClN2O5. The van der Waals surface area contributed by atoms with Crippen molar-refractivity contribution in [2.45, 2.75) is 25.3 Å². The number of nitrogens with one attached hydrogen (secondary N) is 1. The van der Waals surface area contributed by atoms with Gasteiger partial charge in [-0.05, 0) is 54.3 Å².